The molecule has 1 aromatic heterocycles. The maximum atomic E-state index is 9.48. The minimum absolute atomic E-state index is 0.147. The highest BCUT2D eigenvalue weighted by Gasteiger charge is 2.31. The van der Waals surface area contributed by atoms with Gasteiger partial charge in [0.2, 0.25) is 0 Å². The van der Waals surface area contributed by atoms with E-state index in [2.05, 4.69) is 23.6 Å². The molecule has 1 saturated heterocycles. The fourth-order valence-electron chi connectivity index (χ4n) is 2.91. The van der Waals surface area contributed by atoms with Crippen molar-refractivity contribution >= 4 is 16.5 Å². The van der Waals surface area contributed by atoms with Crippen LogP contribution in [0.25, 0.3) is 0 Å². The molecule has 1 N–H and O–H groups in total. The fraction of sp³-hybridized carbons (Fsp3) is 0.786. The minimum atomic E-state index is 0.147. The van der Waals surface area contributed by atoms with E-state index in [1.165, 1.54) is 18.5 Å². The summed E-state index contributed by atoms with van der Waals surface area (Å²) in [6, 6.07) is 0.588. The third-order valence-corrected chi connectivity index (χ3v) is 5.38. The van der Waals surface area contributed by atoms with Crippen LogP contribution in [0.15, 0.2) is 0 Å². The van der Waals surface area contributed by atoms with Gasteiger partial charge >= 0.3 is 0 Å². The highest BCUT2D eigenvalue weighted by Crippen LogP contribution is 2.44. The monoisotopic (exact) mass is 281 g/mol. The summed E-state index contributed by atoms with van der Waals surface area (Å²) < 4.78 is 0. The Bertz CT molecular complexity index is 444. The minimum Gasteiger partial charge on any atom is -0.391 e. The van der Waals surface area contributed by atoms with Gasteiger partial charge in [-0.15, -0.1) is 0 Å². The number of aromatic nitrogens is 1. The van der Waals surface area contributed by atoms with E-state index >= 15 is 0 Å². The van der Waals surface area contributed by atoms with Gasteiger partial charge in [-0.2, -0.15) is 0 Å². The second kappa shape index (κ2) is 5.38. The third-order valence-electron chi connectivity index (χ3n) is 4.27. The van der Waals surface area contributed by atoms with Crippen molar-refractivity contribution in [2.75, 3.05) is 31.1 Å². The largest absolute Gasteiger partial charge is 0.391 e. The molecule has 1 unspecified atom stereocenters. The lowest BCUT2D eigenvalue weighted by atomic mass is 10.2. The number of rotatable bonds is 4. The Morgan fingerprint density at radius 1 is 1.37 bits per heavy atom. The summed E-state index contributed by atoms with van der Waals surface area (Å²) in [5.74, 6) is 0.626. The van der Waals surface area contributed by atoms with Gasteiger partial charge in [-0.25, -0.2) is 4.98 Å². The fourth-order valence-corrected chi connectivity index (χ4v) is 3.95. The molecule has 0 amide bonds. The second-order valence-corrected chi connectivity index (χ2v) is 6.72. The summed E-state index contributed by atoms with van der Waals surface area (Å²) in [6.07, 6.45) is 2.49. The first-order valence-corrected chi connectivity index (χ1v) is 8.14. The van der Waals surface area contributed by atoms with E-state index in [4.69, 9.17) is 4.98 Å². The van der Waals surface area contributed by atoms with Gasteiger partial charge in [0.1, 0.15) is 0 Å². The molecule has 0 radical (unpaired) electrons. The second-order valence-electron chi connectivity index (χ2n) is 5.66. The normalized spacial score (nSPS) is 25.0. The van der Waals surface area contributed by atoms with Crippen molar-refractivity contribution in [1.82, 2.24) is 9.88 Å². The van der Waals surface area contributed by atoms with Crippen LogP contribution in [0.2, 0.25) is 0 Å². The quantitative estimate of drug-likeness (QED) is 0.917. The van der Waals surface area contributed by atoms with E-state index < -0.39 is 0 Å². The molecule has 4 nitrogen and oxygen atoms in total. The van der Waals surface area contributed by atoms with Crippen molar-refractivity contribution in [3.8, 4) is 0 Å². The predicted molar refractivity (Wildman–Crippen MR) is 78.9 cm³/mol. The van der Waals surface area contributed by atoms with Crippen LogP contribution in [0.4, 0.5) is 5.13 Å². The molecule has 0 aromatic carbocycles. The number of aliphatic hydroxyl groups excluding tert-OH is 1. The topological polar surface area (TPSA) is 39.6 Å². The Balaban J connectivity index is 1.75. The zero-order valence-corrected chi connectivity index (χ0v) is 12.6. The molecule has 19 heavy (non-hydrogen) atoms. The van der Waals surface area contributed by atoms with Crippen molar-refractivity contribution in [1.29, 1.82) is 0 Å². The van der Waals surface area contributed by atoms with Gasteiger partial charge in [-0.1, -0.05) is 18.3 Å². The summed E-state index contributed by atoms with van der Waals surface area (Å²) in [5, 5.41) is 10.6. The third kappa shape index (κ3) is 2.64. The Labute approximate surface area is 119 Å². The number of thiazole rings is 1. The molecule has 1 saturated carbocycles. The molecule has 0 bridgehead atoms. The summed E-state index contributed by atoms with van der Waals surface area (Å²) in [7, 11) is 0. The van der Waals surface area contributed by atoms with Gasteiger partial charge in [0, 0.05) is 31.6 Å². The van der Waals surface area contributed by atoms with Crippen molar-refractivity contribution in [3.05, 3.63) is 10.6 Å². The summed E-state index contributed by atoms with van der Waals surface area (Å²) in [6.45, 7) is 9.01. The molecule has 2 heterocycles. The first-order valence-electron chi connectivity index (χ1n) is 7.32. The van der Waals surface area contributed by atoms with E-state index in [0.717, 1.165) is 36.2 Å². The van der Waals surface area contributed by atoms with Crippen LogP contribution in [-0.4, -0.2) is 47.2 Å². The van der Waals surface area contributed by atoms with Crippen LogP contribution in [0, 0.1) is 0 Å². The standard InChI is InChI=1S/C14H23N3OS/c1-3-16-6-7-17(8-10(16)2)14-15-13(11-4-5-11)12(9-18)19-14/h10-11,18H,3-9H2,1-2H3. The Morgan fingerprint density at radius 2 is 2.16 bits per heavy atom. The lowest BCUT2D eigenvalue weighted by Gasteiger charge is -2.39. The van der Waals surface area contributed by atoms with Crippen LogP contribution in [0.5, 0.6) is 0 Å². The average Bonchev–Trinajstić information content (AvgIpc) is 3.18. The molecule has 5 heteroatoms. The van der Waals surface area contributed by atoms with Crippen LogP contribution >= 0.6 is 11.3 Å². The van der Waals surface area contributed by atoms with Crippen molar-refractivity contribution in [2.24, 2.45) is 0 Å². The molecule has 1 aliphatic carbocycles. The number of likely N-dealkylation sites (N-methyl/N-ethyl adjacent to an activating group) is 1. The molecule has 106 valence electrons. The summed E-state index contributed by atoms with van der Waals surface area (Å²) >= 11 is 1.69. The van der Waals surface area contributed by atoms with Crippen LogP contribution in [0.1, 0.15) is 43.2 Å². The van der Waals surface area contributed by atoms with E-state index in [1.54, 1.807) is 11.3 Å². The number of hydrogen-bond acceptors (Lipinski definition) is 5. The molecule has 1 aliphatic heterocycles. The summed E-state index contributed by atoms with van der Waals surface area (Å²) in [4.78, 5) is 10.8. The Kier molecular flexibility index (Phi) is 3.78. The van der Waals surface area contributed by atoms with E-state index in [-0.39, 0.29) is 6.61 Å². The molecular formula is C14H23N3OS. The van der Waals surface area contributed by atoms with Gasteiger partial charge < -0.3 is 10.0 Å². The maximum absolute atomic E-state index is 9.48. The Morgan fingerprint density at radius 3 is 2.74 bits per heavy atom. The molecule has 1 atom stereocenters. The highest BCUT2D eigenvalue weighted by atomic mass is 32.1. The van der Waals surface area contributed by atoms with Gasteiger partial charge in [-0.3, -0.25) is 4.90 Å². The average molecular weight is 281 g/mol. The zero-order chi connectivity index (χ0) is 13.4. The molecule has 1 aromatic rings. The predicted octanol–water partition coefficient (Wildman–Crippen LogP) is 2.04. The van der Waals surface area contributed by atoms with Gasteiger partial charge in [-0.05, 0) is 26.3 Å². The molecule has 2 fully saturated rings. The lowest BCUT2D eigenvalue weighted by Crippen LogP contribution is -2.51. The van der Waals surface area contributed by atoms with Crippen molar-refractivity contribution < 1.29 is 5.11 Å². The van der Waals surface area contributed by atoms with E-state index in [0.29, 0.717) is 12.0 Å². The van der Waals surface area contributed by atoms with Gasteiger partial charge in [0.25, 0.3) is 0 Å². The zero-order valence-electron chi connectivity index (χ0n) is 11.8. The van der Waals surface area contributed by atoms with E-state index in [9.17, 15) is 5.11 Å². The first kappa shape index (κ1) is 13.3. The smallest absolute Gasteiger partial charge is 0.185 e. The van der Waals surface area contributed by atoms with E-state index in [1.807, 2.05) is 0 Å². The lowest BCUT2D eigenvalue weighted by molar-refractivity contribution is 0.199. The van der Waals surface area contributed by atoms with Gasteiger partial charge in [0.15, 0.2) is 5.13 Å². The Hall–Kier alpha value is -0.650. The van der Waals surface area contributed by atoms with Crippen LogP contribution < -0.4 is 4.90 Å². The number of anilines is 1. The number of aliphatic hydroxyl groups is 1. The molecule has 0 spiro atoms. The number of piperazine rings is 1. The van der Waals surface area contributed by atoms with Crippen LogP contribution in [0.3, 0.4) is 0 Å². The molecular weight excluding hydrogens is 258 g/mol. The number of nitrogens with zero attached hydrogens (tertiary/aromatic N) is 3. The first-order chi connectivity index (χ1) is 9.22. The van der Waals surface area contributed by atoms with Crippen molar-refractivity contribution in [3.63, 3.8) is 0 Å². The SMILES string of the molecule is CCN1CCN(c2nc(C3CC3)c(CO)s2)CC1C. The van der Waals surface area contributed by atoms with Gasteiger partial charge in [0.05, 0.1) is 17.2 Å². The molecule has 2 aliphatic rings. The molecule has 3 rings (SSSR count). The maximum Gasteiger partial charge on any atom is 0.185 e. The van der Waals surface area contributed by atoms with Crippen molar-refractivity contribution in [2.45, 2.75) is 45.3 Å². The summed E-state index contributed by atoms with van der Waals surface area (Å²) in [5.41, 5.74) is 1.17. The van der Waals surface area contributed by atoms with Crippen LogP contribution in [-0.2, 0) is 6.61 Å². The number of hydrogen-bond donors (Lipinski definition) is 1. The highest BCUT2D eigenvalue weighted by molar-refractivity contribution is 7.15.